The Balaban J connectivity index is 1.55. The van der Waals surface area contributed by atoms with Crippen molar-refractivity contribution in [2.24, 2.45) is 4.99 Å². The first-order valence-electron chi connectivity index (χ1n) is 8.62. The summed E-state index contributed by atoms with van der Waals surface area (Å²) in [6.45, 7) is 4.10. The zero-order valence-corrected chi connectivity index (χ0v) is 15.1. The molecule has 2 N–H and O–H groups in total. The molecule has 134 valence electrons. The third-order valence-corrected chi connectivity index (χ3v) is 4.28. The van der Waals surface area contributed by atoms with Gasteiger partial charge in [0.1, 0.15) is 12.4 Å². The lowest BCUT2D eigenvalue weighted by Crippen LogP contribution is -2.46. The molecular formula is C18H26N6O. The van der Waals surface area contributed by atoms with Crippen LogP contribution in [0.25, 0.3) is 0 Å². The summed E-state index contributed by atoms with van der Waals surface area (Å²) in [4.78, 5) is 8.85. The van der Waals surface area contributed by atoms with Crippen molar-refractivity contribution < 1.29 is 4.74 Å². The van der Waals surface area contributed by atoms with Crippen LogP contribution < -0.4 is 10.6 Å². The summed E-state index contributed by atoms with van der Waals surface area (Å²) in [6.07, 6.45) is 1.92. The molecule has 0 aliphatic carbocycles. The number of aliphatic imine (C=N–C) groups is 1. The molecule has 2 heterocycles. The zero-order valence-electron chi connectivity index (χ0n) is 15.1. The molecule has 1 aliphatic heterocycles. The van der Waals surface area contributed by atoms with Crippen molar-refractivity contribution in [3.8, 4) is 0 Å². The van der Waals surface area contributed by atoms with Gasteiger partial charge in [0, 0.05) is 33.2 Å². The maximum atomic E-state index is 5.11. The van der Waals surface area contributed by atoms with Gasteiger partial charge in [-0.2, -0.15) is 5.10 Å². The normalized spacial score (nSPS) is 17.2. The molecule has 0 saturated carbocycles. The Kier molecular flexibility index (Phi) is 5.65. The summed E-state index contributed by atoms with van der Waals surface area (Å²) < 4.78 is 7.09. The minimum absolute atomic E-state index is 0.285. The first-order chi connectivity index (χ1) is 12.2. The van der Waals surface area contributed by atoms with Gasteiger partial charge in [0.25, 0.3) is 0 Å². The maximum absolute atomic E-state index is 5.11. The van der Waals surface area contributed by atoms with Crippen molar-refractivity contribution in [3.05, 3.63) is 47.0 Å². The standard InChI is InChI=1S/C18H26N6O/c1-13-5-4-6-14(9-13)10-20-18(19-2)21-15-7-8-17-22-16(12-25-3)23-24(17)11-15/h4-6,9,15H,7-8,10-12H2,1-3H3,(H2,19,20,21). The Morgan fingerprint density at radius 3 is 3.08 bits per heavy atom. The van der Waals surface area contributed by atoms with E-state index in [1.54, 1.807) is 14.2 Å². The molecule has 7 heteroatoms. The summed E-state index contributed by atoms with van der Waals surface area (Å²) in [6, 6.07) is 8.76. The van der Waals surface area contributed by atoms with E-state index in [0.717, 1.165) is 43.5 Å². The van der Waals surface area contributed by atoms with Crippen LogP contribution >= 0.6 is 0 Å². The van der Waals surface area contributed by atoms with Gasteiger partial charge in [-0.25, -0.2) is 9.67 Å². The van der Waals surface area contributed by atoms with Crippen LogP contribution in [0.3, 0.4) is 0 Å². The minimum Gasteiger partial charge on any atom is -0.377 e. The van der Waals surface area contributed by atoms with Crippen molar-refractivity contribution in [3.63, 3.8) is 0 Å². The zero-order chi connectivity index (χ0) is 17.6. The SMILES string of the molecule is CN=C(NCc1cccc(C)c1)NC1CCc2nc(COC)nn2C1. The van der Waals surface area contributed by atoms with Gasteiger partial charge in [-0.1, -0.05) is 29.8 Å². The van der Waals surface area contributed by atoms with Crippen LogP contribution in [0.4, 0.5) is 0 Å². The Morgan fingerprint density at radius 1 is 1.44 bits per heavy atom. The van der Waals surface area contributed by atoms with E-state index in [0.29, 0.717) is 6.61 Å². The van der Waals surface area contributed by atoms with Gasteiger partial charge in [-0.15, -0.1) is 0 Å². The number of benzene rings is 1. The van der Waals surface area contributed by atoms with Crippen molar-refractivity contribution in [1.29, 1.82) is 0 Å². The number of nitrogens with one attached hydrogen (secondary N) is 2. The largest absolute Gasteiger partial charge is 0.377 e. The average molecular weight is 342 g/mol. The number of guanidine groups is 1. The molecule has 0 amide bonds. The number of methoxy groups -OCH3 is 1. The van der Waals surface area contributed by atoms with Crippen LogP contribution in [-0.4, -0.2) is 40.9 Å². The average Bonchev–Trinajstić information content (AvgIpc) is 3.00. The molecule has 0 radical (unpaired) electrons. The molecule has 0 fully saturated rings. The van der Waals surface area contributed by atoms with E-state index in [-0.39, 0.29) is 6.04 Å². The monoisotopic (exact) mass is 342 g/mol. The van der Waals surface area contributed by atoms with Crippen LogP contribution in [0.15, 0.2) is 29.3 Å². The fraction of sp³-hybridized carbons (Fsp3) is 0.500. The van der Waals surface area contributed by atoms with Gasteiger partial charge in [0.05, 0.1) is 6.54 Å². The minimum atomic E-state index is 0.285. The lowest BCUT2D eigenvalue weighted by atomic mass is 10.1. The van der Waals surface area contributed by atoms with E-state index in [1.165, 1.54) is 11.1 Å². The summed E-state index contributed by atoms with van der Waals surface area (Å²) >= 11 is 0. The van der Waals surface area contributed by atoms with Crippen LogP contribution in [0.1, 0.15) is 29.2 Å². The molecular weight excluding hydrogens is 316 g/mol. The number of hydrogen-bond acceptors (Lipinski definition) is 4. The Morgan fingerprint density at radius 2 is 2.32 bits per heavy atom. The predicted octanol–water partition coefficient (Wildman–Crippen LogP) is 1.41. The number of fused-ring (bicyclic) bond motifs is 1. The highest BCUT2D eigenvalue weighted by molar-refractivity contribution is 5.79. The van der Waals surface area contributed by atoms with Gasteiger partial charge < -0.3 is 15.4 Å². The molecule has 0 bridgehead atoms. The van der Waals surface area contributed by atoms with Crippen molar-refractivity contribution in [1.82, 2.24) is 25.4 Å². The second kappa shape index (κ2) is 8.11. The number of hydrogen-bond donors (Lipinski definition) is 2. The molecule has 1 atom stereocenters. The Labute approximate surface area is 148 Å². The molecule has 7 nitrogen and oxygen atoms in total. The smallest absolute Gasteiger partial charge is 0.191 e. The van der Waals surface area contributed by atoms with Gasteiger partial charge in [0.2, 0.25) is 0 Å². The van der Waals surface area contributed by atoms with E-state index >= 15 is 0 Å². The molecule has 1 aliphatic rings. The summed E-state index contributed by atoms with van der Waals surface area (Å²) in [5.41, 5.74) is 2.51. The molecule has 3 rings (SSSR count). The fourth-order valence-electron chi connectivity index (χ4n) is 3.06. The lowest BCUT2D eigenvalue weighted by molar-refractivity contribution is 0.177. The topological polar surface area (TPSA) is 76.4 Å². The van der Waals surface area contributed by atoms with Gasteiger partial charge in [0.15, 0.2) is 11.8 Å². The maximum Gasteiger partial charge on any atom is 0.191 e. The second-order valence-electron chi connectivity index (χ2n) is 6.35. The van der Waals surface area contributed by atoms with E-state index in [4.69, 9.17) is 4.74 Å². The number of nitrogens with zero attached hydrogens (tertiary/aromatic N) is 4. The second-order valence-corrected chi connectivity index (χ2v) is 6.35. The van der Waals surface area contributed by atoms with E-state index in [1.807, 2.05) is 4.68 Å². The Hall–Kier alpha value is -2.41. The van der Waals surface area contributed by atoms with Gasteiger partial charge >= 0.3 is 0 Å². The van der Waals surface area contributed by atoms with Crippen LogP contribution in [0, 0.1) is 6.92 Å². The van der Waals surface area contributed by atoms with Crippen LogP contribution in [-0.2, 0) is 30.9 Å². The quantitative estimate of drug-likeness (QED) is 0.635. The molecule has 0 saturated heterocycles. The molecule has 0 spiro atoms. The van der Waals surface area contributed by atoms with E-state index in [2.05, 4.69) is 56.9 Å². The molecule has 25 heavy (non-hydrogen) atoms. The van der Waals surface area contributed by atoms with Crippen molar-refractivity contribution in [2.75, 3.05) is 14.2 Å². The highest BCUT2D eigenvalue weighted by atomic mass is 16.5. The Bertz CT molecular complexity index is 739. The third kappa shape index (κ3) is 4.57. The highest BCUT2D eigenvalue weighted by Gasteiger charge is 2.22. The van der Waals surface area contributed by atoms with Crippen LogP contribution in [0.5, 0.6) is 0 Å². The van der Waals surface area contributed by atoms with Gasteiger partial charge in [-0.3, -0.25) is 4.99 Å². The summed E-state index contributed by atoms with van der Waals surface area (Å²) in [5, 5.41) is 11.4. The molecule has 2 aromatic rings. The summed E-state index contributed by atoms with van der Waals surface area (Å²) in [7, 11) is 3.46. The summed E-state index contributed by atoms with van der Waals surface area (Å²) in [5.74, 6) is 2.60. The van der Waals surface area contributed by atoms with E-state index in [9.17, 15) is 0 Å². The first kappa shape index (κ1) is 17.4. The molecule has 1 aromatic carbocycles. The molecule has 1 unspecified atom stereocenters. The number of aryl methyl sites for hydroxylation is 2. The number of rotatable bonds is 5. The first-order valence-corrected chi connectivity index (χ1v) is 8.62. The van der Waals surface area contributed by atoms with Crippen molar-refractivity contribution >= 4 is 5.96 Å². The lowest BCUT2D eigenvalue weighted by Gasteiger charge is -2.25. The number of aromatic nitrogens is 3. The predicted molar refractivity (Wildman–Crippen MR) is 97.4 cm³/mol. The highest BCUT2D eigenvalue weighted by Crippen LogP contribution is 2.13. The van der Waals surface area contributed by atoms with E-state index < -0.39 is 0 Å². The van der Waals surface area contributed by atoms with Gasteiger partial charge in [-0.05, 0) is 18.9 Å². The fourth-order valence-corrected chi connectivity index (χ4v) is 3.06. The van der Waals surface area contributed by atoms with Crippen LogP contribution in [0.2, 0.25) is 0 Å². The number of ether oxygens (including phenoxy) is 1. The van der Waals surface area contributed by atoms with Crippen molar-refractivity contribution in [2.45, 2.75) is 45.5 Å². The third-order valence-electron chi connectivity index (χ3n) is 4.28. The molecule has 1 aromatic heterocycles.